The van der Waals surface area contributed by atoms with Crippen LogP contribution in [0.1, 0.15) is 18.0 Å². The number of alkyl halides is 2. The molecule has 0 aromatic heterocycles. The third-order valence-electron chi connectivity index (χ3n) is 2.26. The maximum Gasteiger partial charge on any atom is 0.261 e. The number of hydrogen-bond acceptors (Lipinski definition) is 2. The highest BCUT2D eigenvalue weighted by Crippen LogP contribution is 2.26. The molecule has 0 aliphatic carbocycles. The van der Waals surface area contributed by atoms with Crippen LogP contribution in [-0.2, 0) is 4.74 Å². The Morgan fingerprint density at radius 3 is 2.44 bits per heavy atom. The van der Waals surface area contributed by atoms with Crippen molar-refractivity contribution >= 4 is 11.6 Å². The van der Waals surface area contributed by atoms with Gasteiger partial charge in [-0.15, -0.1) is 0 Å². The van der Waals surface area contributed by atoms with Crippen LogP contribution in [0.25, 0.3) is 0 Å². The second-order valence-electron chi connectivity index (χ2n) is 3.65. The second kappa shape index (κ2) is 6.92. The van der Waals surface area contributed by atoms with E-state index in [0.717, 1.165) is 12.1 Å². The first-order valence-corrected chi connectivity index (χ1v) is 5.55. The van der Waals surface area contributed by atoms with E-state index in [1.165, 1.54) is 0 Å². The van der Waals surface area contributed by atoms with Crippen molar-refractivity contribution in [2.24, 2.45) is 5.73 Å². The van der Waals surface area contributed by atoms with E-state index in [-0.39, 0.29) is 23.6 Å². The highest BCUT2D eigenvalue weighted by Gasteiger charge is 2.14. The van der Waals surface area contributed by atoms with E-state index in [9.17, 15) is 17.6 Å². The summed E-state index contributed by atoms with van der Waals surface area (Å²) >= 11 is 5.71. The van der Waals surface area contributed by atoms with Gasteiger partial charge in [0.2, 0.25) is 0 Å². The minimum atomic E-state index is -2.55. The Labute approximate surface area is 107 Å². The lowest BCUT2D eigenvalue weighted by molar-refractivity contribution is 0.0152. The minimum Gasteiger partial charge on any atom is -0.375 e. The number of nitrogens with two attached hydrogens (primary N) is 1. The lowest BCUT2D eigenvalue weighted by atomic mass is 10.0. The molecule has 0 heterocycles. The fraction of sp³-hybridized carbons (Fsp3) is 0.455. The summed E-state index contributed by atoms with van der Waals surface area (Å²) in [6.07, 6.45) is -2.37. The minimum absolute atomic E-state index is 0.00439. The van der Waals surface area contributed by atoms with E-state index < -0.39 is 30.7 Å². The molecule has 102 valence electrons. The van der Waals surface area contributed by atoms with Crippen LogP contribution in [0.15, 0.2) is 12.1 Å². The summed E-state index contributed by atoms with van der Waals surface area (Å²) in [5.41, 5.74) is 5.91. The van der Waals surface area contributed by atoms with E-state index >= 15 is 0 Å². The predicted molar refractivity (Wildman–Crippen MR) is 59.7 cm³/mol. The Balaban J connectivity index is 2.56. The zero-order valence-electron chi connectivity index (χ0n) is 9.31. The van der Waals surface area contributed by atoms with Crippen molar-refractivity contribution in [3.05, 3.63) is 34.4 Å². The molecule has 0 aliphatic rings. The van der Waals surface area contributed by atoms with Gasteiger partial charge in [-0.25, -0.2) is 17.6 Å². The zero-order valence-corrected chi connectivity index (χ0v) is 10.1. The van der Waals surface area contributed by atoms with Gasteiger partial charge in [-0.2, -0.15) is 0 Å². The number of hydrogen-bond donors (Lipinski definition) is 1. The van der Waals surface area contributed by atoms with E-state index in [1.807, 2.05) is 0 Å². The van der Waals surface area contributed by atoms with Crippen LogP contribution in [0.2, 0.25) is 5.02 Å². The molecule has 1 atom stereocenters. The van der Waals surface area contributed by atoms with Crippen molar-refractivity contribution < 1.29 is 22.3 Å². The Bertz CT molecular complexity index is 403. The molecule has 2 N–H and O–H groups in total. The van der Waals surface area contributed by atoms with Crippen molar-refractivity contribution in [2.45, 2.75) is 18.9 Å². The van der Waals surface area contributed by atoms with Gasteiger partial charge in [0.25, 0.3) is 6.43 Å². The molecular formula is C11H12ClF4NO. The predicted octanol–water partition coefficient (Wildman–Crippen LogP) is 3.29. The molecule has 7 heteroatoms. The van der Waals surface area contributed by atoms with Crippen molar-refractivity contribution in [2.75, 3.05) is 13.2 Å². The van der Waals surface area contributed by atoms with Gasteiger partial charge in [0.15, 0.2) is 11.6 Å². The molecule has 0 fully saturated rings. The zero-order chi connectivity index (χ0) is 13.7. The molecule has 0 aliphatic heterocycles. The third-order valence-corrected chi connectivity index (χ3v) is 2.58. The summed E-state index contributed by atoms with van der Waals surface area (Å²) in [5, 5.41) is -0.00439. The number of rotatable bonds is 6. The van der Waals surface area contributed by atoms with Gasteiger partial charge >= 0.3 is 0 Å². The smallest absolute Gasteiger partial charge is 0.261 e. The van der Waals surface area contributed by atoms with Crippen LogP contribution in [0, 0.1) is 11.6 Å². The molecule has 0 saturated carbocycles. The SMILES string of the molecule is NC(CCOCC(F)F)c1cc(F)c(F)cc1Cl. The van der Waals surface area contributed by atoms with Crippen LogP contribution in [-0.4, -0.2) is 19.6 Å². The van der Waals surface area contributed by atoms with Crippen LogP contribution < -0.4 is 5.73 Å². The van der Waals surface area contributed by atoms with Crippen LogP contribution in [0.3, 0.4) is 0 Å². The summed E-state index contributed by atoms with van der Waals surface area (Å²) in [4.78, 5) is 0. The Morgan fingerprint density at radius 2 is 1.83 bits per heavy atom. The van der Waals surface area contributed by atoms with Crippen LogP contribution in [0.5, 0.6) is 0 Å². The number of ether oxygens (including phenoxy) is 1. The van der Waals surface area contributed by atoms with Crippen LogP contribution >= 0.6 is 11.6 Å². The lowest BCUT2D eigenvalue weighted by Gasteiger charge is -2.14. The second-order valence-corrected chi connectivity index (χ2v) is 4.06. The van der Waals surface area contributed by atoms with Gasteiger partial charge in [-0.3, -0.25) is 0 Å². The molecule has 1 aromatic carbocycles. The molecule has 1 aromatic rings. The van der Waals surface area contributed by atoms with E-state index in [1.54, 1.807) is 0 Å². The molecule has 0 spiro atoms. The number of halogens is 5. The summed E-state index contributed by atoms with van der Waals surface area (Å²) in [6, 6.07) is 1.02. The van der Waals surface area contributed by atoms with Crippen molar-refractivity contribution in [1.82, 2.24) is 0 Å². The number of benzene rings is 1. The third kappa shape index (κ3) is 4.44. The van der Waals surface area contributed by atoms with Gasteiger partial charge in [0, 0.05) is 17.7 Å². The summed E-state index contributed by atoms with van der Waals surface area (Å²) in [7, 11) is 0. The largest absolute Gasteiger partial charge is 0.375 e. The van der Waals surface area contributed by atoms with Gasteiger partial charge in [0.1, 0.15) is 6.61 Å². The first-order valence-electron chi connectivity index (χ1n) is 5.17. The fourth-order valence-electron chi connectivity index (χ4n) is 1.36. The van der Waals surface area contributed by atoms with E-state index in [0.29, 0.717) is 0 Å². The van der Waals surface area contributed by atoms with Crippen molar-refractivity contribution in [1.29, 1.82) is 0 Å². The van der Waals surface area contributed by atoms with Gasteiger partial charge < -0.3 is 10.5 Å². The maximum atomic E-state index is 13.0. The Hall–Kier alpha value is -0.850. The van der Waals surface area contributed by atoms with Gasteiger partial charge in [0.05, 0.1) is 0 Å². The van der Waals surface area contributed by atoms with Crippen LogP contribution in [0.4, 0.5) is 17.6 Å². The van der Waals surface area contributed by atoms with Gasteiger partial charge in [-0.1, -0.05) is 11.6 Å². The van der Waals surface area contributed by atoms with E-state index in [2.05, 4.69) is 4.74 Å². The Morgan fingerprint density at radius 1 is 1.22 bits per heavy atom. The van der Waals surface area contributed by atoms with Gasteiger partial charge in [-0.05, 0) is 24.1 Å². The summed E-state index contributed by atoms with van der Waals surface area (Å²) in [5.74, 6) is -2.12. The molecule has 0 saturated heterocycles. The summed E-state index contributed by atoms with van der Waals surface area (Å²) in [6.45, 7) is -0.695. The molecule has 2 nitrogen and oxygen atoms in total. The lowest BCUT2D eigenvalue weighted by Crippen LogP contribution is -2.15. The topological polar surface area (TPSA) is 35.2 Å². The maximum absolute atomic E-state index is 13.0. The first-order chi connectivity index (χ1) is 8.41. The monoisotopic (exact) mass is 285 g/mol. The molecule has 1 unspecified atom stereocenters. The normalized spacial score (nSPS) is 13.1. The van der Waals surface area contributed by atoms with Crippen molar-refractivity contribution in [3.63, 3.8) is 0 Å². The molecule has 0 bridgehead atoms. The first kappa shape index (κ1) is 15.2. The Kier molecular flexibility index (Phi) is 5.84. The van der Waals surface area contributed by atoms with E-state index in [4.69, 9.17) is 17.3 Å². The molecule has 0 radical (unpaired) electrons. The molecule has 0 amide bonds. The molecule has 1 rings (SSSR count). The van der Waals surface area contributed by atoms with Crippen molar-refractivity contribution in [3.8, 4) is 0 Å². The molecule has 18 heavy (non-hydrogen) atoms. The fourth-order valence-corrected chi connectivity index (χ4v) is 1.65. The quantitative estimate of drug-likeness (QED) is 0.494. The highest BCUT2D eigenvalue weighted by atomic mass is 35.5. The average molecular weight is 286 g/mol. The molecular weight excluding hydrogens is 274 g/mol. The average Bonchev–Trinajstić information content (AvgIpc) is 2.28. The summed E-state index contributed by atoms with van der Waals surface area (Å²) < 4.78 is 54.0. The standard InChI is InChI=1S/C11H12ClF4NO/c12-7-4-9(14)8(13)3-6(7)10(17)1-2-18-5-11(15)16/h3-4,10-11H,1-2,5,17H2. The highest BCUT2D eigenvalue weighted by molar-refractivity contribution is 6.31.